The first-order chi connectivity index (χ1) is 5.65. The zero-order valence-corrected chi connectivity index (χ0v) is 6.34. The molecule has 1 heterocycles. The van der Waals surface area contributed by atoms with Gasteiger partial charge in [0.15, 0.2) is 0 Å². The maximum Gasteiger partial charge on any atom is 0.381 e. The summed E-state index contributed by atoms with van der Waals surface area (Å²) in [6, 6.07) is 1.51. The average Bonchev–Trinajstić information content (AvgIpc) is 2.51. The van der Waals surface area contributed by atoms with Crippen molar-refractivity contribution in [3.05, 3.63) is 22.6 Å². The fraction of sp³-hybridized carbons (Fsp3) is 0.333. The highest BCUT2D eigenvalue weighted by molar-refractivity contribution is 5.14. The molecule has 6 nitrogen and oxygen atoms in total. The molecule has 1 atom stereocenters. The van der Waals surface area contributed by atoms with E-state index >= 15 is 0 Å². The van der Waals surface area contributed by atoms with Gasteiger partial charge in [-0.05, 0) is 16.8 Å². The molecule has 0 aliphatic carbocycles. The van der Waals surface area contributed by atoms with E-state index in [4.69, 9.17) is 5.26 Å². The molecule has 0 fully saturated rings. The Labute approximate surface area is 68.2 Å². The molecule has 1 aromatic rings. The van der Waals surface area contributed by atoms with E-state index in [9.17, 15) is 10.1 Å². The molecular formula is C6H6N4O2. The van der Waals surface area contributed by atoms with Crippen LogP contribution in [0.4, 0.5) is 5.82 Å². The fourth-order valence-electron chi connectivity index (χ4n) is 0.699. The minimum absolute atomic E-state index is 0.239. The summed E-state index contributed by atoms with van der Waals surface area (Å²) in [5.74, 6) is -0.239. The number of nitriles is 1. The van der Waals surface area contributed by atoms with Gasteiger partial charge in [0.1, 0.15) is 12.2 Å². The molecule has 1 unspecified atom stereocenters. The van der Waals surface area contributed by atoms with Gasteiger partial charge < -0.3 is 10.1 Å². The maximum atomic E-state index is 10.2. The van der Waals surface area contributed by atoms with E-state index < -0.39 is 11.0 Å². The van der Waals surface area contributed by atoms with Crippen LogP contribution in [-0.2, 0) is 0 Å². The van der Waals surface area contributed by atoms with E-state index in [1.807, 2.05) is 6.07 Å². The van der Waals surface area contributed by atoms with E-state index in [0.717, 1.165) is 0 Å². The van der Waals surface area contributed by atoms with Gasteiger partial charge in [-0.2, -0.15) is 5.26 Å². The van der Waals surface area contributed by atoms with Crippen LogP contribution in [-0.4, -0.2) is 14.5 Å². The van der Waals surface area contributed by atoms with Crippen molar-refractivity contribution >= 4 is 5.82 Å². The molecular weight excluding hydrogens is 160 g/mol. The molecule has 0 amide bonds. The first-order valence-electron chi connectivity index (χ1n) is 3.22. The van der Waals surface area contributed by atoms with E-state index in [0.29, 0.717) is 0 Å². The molecule has 1 aromatic heterocycles. The van der Waals surface area contributed by atoms with Crippen LogP contribution < -0.4 is 0 Å². The van der Waals surface area contributed by atoms with E-state index in [2.05, 4.69) is 4.98 Å². The molecule has 0 saturated carbocycles. The summed E-state index contributed by atoms with van der Waals surface area (Å²) >= 11 is 0. The van der Waals surface area contributed by atoms with E-state index in [1.165, 1.54) is 17.1 Å². The van der Waals surface area contributed by atoms with Gasteiger partial charge in [0.25, 0.3) is 0 Å². The Bertz CT molecular complexity index is 338. The molecule has 0 bridgehead atoms. The van der Waals surface area contributed by atoms with Crippen LogP contribution in [0.3, 0.4) is 0 Å². The number of imidazole rings is 1. The predicted molar refractivity (Wildman–Crippen MR) is 39.2 cm³/mol. The van der Waals surface area contributed by atoms with Crippen molar-refractivity contribution in [2.24, 2.45) is 0 Å². The minimum atomic E-state index is -0.597. The lowest BCUT2D eigenvalue weighted by Gasteiger charge is -1.97. The van der Waals surface area contributed by atoms with Crippen LogP contribution in [0.15, 0.2) is 12.5 Å². The van der Waals surface area contributed by atoms with Gasteiger partial charge >= 0.3 is 5.82 Å². The predicted octanol–water partition coefficient (Wildman–Crippen LogP) is 0.876. The SMILES string of the molecule is CC(C#N)n1cnc([N+](=O)[O-])c1. The third-order valence-corrected chi connectivity index (χ3v) is 1.41. The van der Waals surface area contributed by atoms with Gasteiger partial charge in [-0.25, -0.2) is 0 Å². The monoisotopic (exact) mass is 166 g/mol. The second-order valence-corrected chi connectivity index (χ2v) is 2.24. The van der Waals surface area contributed by atoms with E-state index in [1.54, 1.807) is 6.92 Å². The van der Waals surface area contributed by atoms with Gasteiger partial charge in [0, 0.05) is 0 Å². The highest BCUT2D eigenvalue weighted by Crippen LogP contribution is 2.10. The second kappa shape index (κ2) is 3.00. The van der Waals surface area contributed by atoms with Gasteiger partial charge in [-0.15, -0.1) is 0 Å². The second-order valence-electron chi connectivity index (χ2n) is 2.24. The van der Waals surface area contributed by atoms with Crippen LogP contribution in [0.5, 0.6) is 0 Å². The molecule has 0 aromatic carbocycles. The summed E-state index contributed by atoms with van der Waals surface area (Å²) in [7, 11) is 0. The van der Waals surface area contributed by atoms with Crippen LogP contribution in [0, 0.1) is 21.4 Å². The molecule has 0 aliphatic heterocycles. The van der Waals surface area contributed by atoms with Crippen molar-refractivity contribution in [2.75, 3.05) is 0 Å². The Morgan fingerprint density at radius 3 is 3.00 bits per heavy atom. The van der Waals surface area contributed by atoms with Crippen LogP contribution in [0.25, 0.3) is 0 Å². The first kappa shape index (κ1) is 8.20. The molecule has 0 spiro atoms. The third-order valence-electron chi connectivity index (χ3n) is 1.41. The number of hydrogen-bond donors (Lipinski definition) is 0. The number of nitrogens with zero attached hydrogens (tertiary/aromatic N) is 4. The smallest absolute Gasteiger partial charge is 0.358 e. The van der Waals surface area contributed by atoms with Gasteiger partial charge in [0.05, 0.1) is 6.07 Å². The van der Waals surface area contributed by atoms with Gasteiger partial charge in [-0.3, -0.25) is 4.57 Å². The molecule has 1 rings (SSSR count). The number of rotatable bonds is 2. The molecule has 0 saturated heterocycles. The molecule has 0 radical (unpaired) electrons. The normalized spacial score (nSPS) is 12.0. The summed E-state index contributed by atoms with van der Waals surface area (Å²) in [6.45, 7) is 1.63. The van der Waals surface area contributed by atoms with Gasteiger partial charge in [0.2, 0.25) is 6.33 Å². The third kappa shape index (κ3) is 1.40. The lowest BCUT2D eigenvalue weighted by molar-refractivity contribution is -0.389. The average molecular weight is 166 g/mol. The summed E-state index contributed by atoms with van der Waals surface area (Å²) in [5.41, 5.74) is 0. The zero-order chi connectivity index (χ0) is 9.14. The summed E-state index contributed by atoms with van der Waals surface area (Å²) in [4.78, 5) is 13.1. The largest absolute Gasteiger partial charge is 0.381 e. The standard InChI is InChI=1S/C6H6N4O2/c1-5(2-7)9-3-6(8-4-9)10(11)12/h3-5H,1H3. The number of aromatic nitrogens is 2. The highest BCUT2D eigenvalue weighted by Gasteiger charge is 2.12. The van der Waals surface area contributed by atoms with Crippen LogP contribution in [0.1, 0.15) is 13.0 Å². The number of nitro groups is 1. The van der Waals surface area contributed by atoms with Crippen molar-refractivity contribution in [1.29, 1.82) is 5.26 Å². The molecule has 0 aliphatic rings. The Balaban J connectivity index is 2.93. The Hall–Kier alpha value is -1.90. The van der Waals surface area contributed by atoms with Gasteiger partial charge in [-0.1, -0.05) is 0 Å². The van der Waals surface area contributed by atoms with Crippen molar-refractivity contribution in [3.8, 4) is 6.07 Å². The molecule has 62 valence electrons. The Morgan fingerprint density at radius 2 is 2.58 bits per heavy atom. The van der Waals surface area contributed by atoms with Crippen molar-refractivity contribution in [3.63, 3.8) is 0 Å². The van der Waals surface area contributed by atoms with Crippen molar-refractivity contribution in [2.45, 2.75) is 13.0 Å². The van der Waals surface area contributed by atoms with Crippen molar-refractivity contribution < 1.29 is 4.92 Å². The first-order valence-corrected chi connectivity index (χ1v) is 3.22. The zero-order valence-electron chi connectivity index (χ0n) is 6.34. The lowest BCUT2D eigenvalue weighted by Crippen LogP contribution is -1.98. The lowest BCUT2D eigenvalue weighted by atomic mass is 10.4. The molecule has 6 heteroatoms. The number of hydrogen-bond acceptors (Lipinski definition) is 4. The highest BCUT2D eigenvalue weighted by atomic mass is 16.6. The minimum Gasteiger partial charge on any atom is -0.358 e. The topological polar surface area (TPSA) is 84.8 Å². The van der Waals surface area contributed by atoms with Crippen molar-refractivity contribution in [1.82, 2.24) is 9.55 Å². The summed E-state index contributed by atoms with van der Waals surface area (Å²) in [6.07, 6.45) is 2.50. The quantitative estimate of drug-likeness (QED) is 0.482. The molecule has 12 heavy (non-hydrogen) atoms. The Morgan fingerprint density at radius 1 is 1.92 bits per heavy atom. The fourth-order valence-corrected chi connectivity index (χ4v) is 0.699. The van der Waals surface area contributed by atoms with Crippen LogP contribution >= 0.6 is 0 Å². The molecule has 0 N–H and O–H groups in total. The van der Waals surface area contributed by atoms with E-state index in [-0.39, 0.29) is 5.82 Å². The maximum absolute atomic E-state index is 10.2. The summed E-state index contributed by atoms with van der Waals surface area (Å²) < 4.78 is 1.39. The van der Waals surface area contributed by atoms with Crippen LogP contribution in [0.2, 0.25) is 0 Å². The Kier molecular flexibility index (Phi) is 2.05. The summed E-state index contributed by atoms with van der Waals surface area (Å²) in [5, 5.41) is 18.6.